The van der Waals surface area contributed by atoms with Crippen molar-refractivity contribution in [3.8, 4) is 0 Å². The molecule has 4 fully saturated rings. The summed E-state index contributed by atoms with van der Waals surface area (Å²) in [5.41, 5.74) is 0. The molecular weight excluding hydrogens is 1120 g/mol. The molecule has 0 aromatic rings. The average Bonchev–Trinajstić information content (AvgIpc) is 2.09. The van der Waals surface area contributed by atoms with Crippen molar-refractivity contribution in [3.05, 3.63) is 12.2 Å². The zero-order valence-electron chi connectivity index (χ0n) is 50.7. The fraction of sp³-hybridized carbons (Fsp3) is 0.933. The molecule has 2 amide bonds. The summed E-state index contributed by atoms with van der Waals surface area (Å²) in [6, 6.07) is -2.62. The van der Waals surface area contributed by atoms with E-state index in [-0.39, 0.29) is 12.3 Å². The van der Waals surface area contributed by atoms with Crippen LogP contribution < -0.4 is 10.6 Å². The van der Waals surface area contributed by atoms with Gasteiger partial charge in [-0.2, -0.15) is 0 Å². The van der Waals surface area contributed by atoms with Gasteiger partial charge in [-0.1, -0.05) is 167 Å². The maximum absolute atomic E-state index is 13.4. The minimum atomic E-state index is -2.10. The van der Waals surface area contributed by atoms with Crippen LogP contribution >= 0.6 is 0 Å². The van der Waals surface area contributed by atoms with Gasteiger partial charge >= 0.3 is 0 Å². The fourth-order valence-corrected chi connectivity index (χ4v) is 11.4. The summed E-state index contributed by atoms with van der Waals surface area (Å²) >= 11 is 0. The Labute approximate surface area is 502 Å². The molecule has 4 aliphatic rings. The van der Waals surface area contributed by atoms with Crippen LogP contribution in [0.4, 0.5) is 0 Å². The first-order chi connectivity index (χ1) is 41.0. The van der Waals surface area contributed by atoms with Crippen molar-refractivity contribution in [2.45, 2.75) is 323 Å². The van der Waals surface area contributed by atoms with Crippen molar-refractivity contribution < 1.29 is 114 Å². The molecule has 0 spiro atoms. The van der Waals surface area contributed by atoms with Crippen LogP contribution in [0.15, 0.2) is 12.2 Å². The molecule has 498 valence electrons. The summed E-state index contributed by atoms with van der Waals surface area (Å²) in [4.78, 5) is 25.9. The highest BCUT2D eigenvalue weighted by atomic mass is 16.8. The van der Waals surface area contributed by atoms with Crippen LogP contribution in [0.5, 0.6) is 0 Å². The van der Waals surface area contributed by atoms with E-state index >= 15 is 0 Å². The van der Waals surface area contributed by atoms with Crippen LogP contribution in [0.3, 0.4) is 0 Å². The first kappa shape index (κ1) is 75.3. The van der Waals surface area contributed by atoms with Gasteiger partial charge in [-0.05, 0) is 19.3 Å². The molecule has 4 heterocycles. The van der Waals surface area contributed by atoms with E-state index in [1.807, 2.05) is 6.08 Å². The van der Waals surface area contributed by atoms with Crippen LogP contribution in [0.2, 0.25) is 0 Å². The second-order valence-electron chi connectivity index (χ2n) is 23.6. The van der Waals surface area contributed by atoms with Gasteiger partial charge in [0.25, 0.3) is 0 Å². The molecule has 22 unspecified atom stereocenters. The van der Waals surface area contributed by atoms with E-state index in [0.717, 1.165) is 51.9 Å². The highest BCUT2D eigenvalue weighted by Gasteiger charge is 2.56. The SMILES string of the molecule is CCCCCCCCCCCCCC=CC(O)C(COC1OC(CO)C(OC2OC(CO)C(OC3OC(CO)C(O)C(OC4OC(CO)C(O)C(O)C4O)C3NC(C)=O)C(O)C2O)C(O)C1O)NC(=O)CCCCCCCCCCCCCCC. The Bertz CT molecular complexity index is 1790. The predicted octanol–water partition coefficient (Wildman–Crippen LogP) is 1.00. The lowest BCUT2D eigenvalue weighted by Crippen LogP contribution is -2.70. The Hall–Kier alpha value is -2.16. The Morgan fingerprint density at radius 1 is 0.459 bits per heavy atom. The number of ether oxygens (including phenoxy) is 8. The third kappa shape index (κ3) is 24.9. The second kappa shape index (κ2) is 42.0. The third-order valence-electron chi connectivity index (χ3n) is 16.6. The van der Waals surface area contributed by atoms with Crippen LogP contribution in [0, 0.1) is 0 Å². The number of rotatable bonds is 43. The van der Waals surface area contributed by atoms with Crippen LogP contribution in [0.25, 0.3) is 0 Å². The van der Waals surface area contributed by atoms with Crippen molar-refractivity contribution in [1.29, 1.82) is 0 Å². The van der Waals surface area contributed by atoms with E-state index in [4.69, 9.17) is 37.9 Å². The van der Waals surface area contributed by atoms with Crippen molar-refractivity contribution in [2.24, 2.45) is 0 Å². The van der Waals surface area contributed by atoms with E-state index in [1.54, 1.807) is 6.08 Å². The lowest BCUT2D eigenvalue weighted by atomic mass is 9.94. The maximum atomic E-state index is 13.4. The van der Waals surface area contributed by atoms with Gasteiger partial charge in [0.05, 0.1) is 45.2 Å². The number of allylic oxidation sites excluding steroid dienone is 1. The molecule has 0 radical (unpaired) electrons. The van der Waals surface area contributed by atoms with Gasteiger partial charge in [-0.3, -0.25) is 9.59 Å². The molecule has 0 saturated carbocycles. The van der Waals surface area contributed by atoms with Gasteiger partial charge in [0.2, 0.25) is 11.8 Å². The van der Waals surface area contributed by atoms with Gasteiger partial charge in [-0.15, -0.1) is 0 Å². The molecule has 15 N–H and O–H groups in total. The first-order valence-corrected chi connectivity index (χ1v) is 31.9. The minimum Gasteiger partial charge on any atom is -0.394 e. The predicted molar refractivity (Wildman–Crippen MR) is 308 cm³/mol. The number of hydrogen-bond acceptors (Lipinski definition) is 23. The molecule has 4 saturated heterocycles. The van der Waals surface area contributed by atoms with Crippen molar-refractivity contribution in [3.63, 3.8) is 0 Å². The Kier molecular flexibility index (Phi) is 37.2. The number of carbonyl (C=O) groups is 2. The van der Waals surface area contributed by atoms with E-state index in [9.17, 15) is 76.0 Å². The summed E-state index contributed by atoms with van der Waals surface area (Å²) < 4.78 is 46.7. The summed E-state index contributed by atoms with van der Waals surface area (Å²) in [7, 11) is 0. The number of aliphatic hydroxyl groups is 13. The zero-order valence-corrected chi connectivity index (χ0v) is 50.7. The molecular formula is C60H110N2O23. The molecule has 25 nitrogen and oxygen atoms in total. The minimum absolute atomic E-state index is 0.217. The summed E-state index contributed by atoms with van der Waals surface area (Å²) in [5, 5.41) is 146. The molecule has 4 rings (SSSR count). The van der Waals surface area contributed by atoms with Gasteiger partial charge in [0.15, 0.2) is 25.2 Å². The third-order valence-corrected chi connectivity index (χ3v) is 16.6. The number of hydrogen-bond donors (Lipinski definition) is 15. The van der Waals surface area contributed by atoms with Gasteiger partial charge in [-0.25, -0.2) is 0 Å². The van der Waals surface area contributed by atoms with Crippen LogP contribution in [0.1, 0.15) is 188 Å². The summed E-state index contributed by atoms with van der Waals surface area (Å²) in [6.45, 7) is 1.58. The van der Waals surface area contributed by atoms with E-state index < -0.39 is 174 Å². The summed E-state index contributed by atoms with van der Waals surface area (Å²) in [5.74, 6) is -1.06. The molecule has 25 heteroatoms. The molecule has 0 bridgehead atoms. The van der Waals surface area contributed by atoms with E-state index in [2.05, 4.69) is 24.5 Å². The molecule has 4 aliphatic heterocycles. The Balaban J connectivity index is 1.37. The lowest BCUT2D eigenvalue weighted by Gasteiger charge is -2.50. The van der Waals surface area contributed by atoms with Crippen LogP contribution in [-0.4, -0.2) is 246 Å². The smallest absolute Gasteiger partial charge is 0.220 e. The lowest BCUT2D eigenvalue weighted by molar-refractivity contribution is -0.380. The monoisotopic (exact) mass is 1230 g/mol. The van der Waals surface area contributed by atoms with Crippen molar-refractivity contribution in [2.75, 3.05) is 33.0 Å². The quantitative estimate of drug-likeness (QED) is 0.0299. The van der Waals surface area contributed by atoms with Crippen LogP contribution in [-0.2, 0) is 47.5 Å². The molecule has 0 aromatic heterocycles. The van der Waals surface area contributed by atoms with Gasteiger partial charge < -0.3 is 115 Å². The Morgan fingerprint density at radius 3 is 1.33 bits per heavy atom. The molecule has 0 aromatic carbocycles. The second-order valence-corrected chi connectivity index (χ2v) is 23.6. The summed E-state index contributed by atoms with van der Waals surface area (Å²) in [6.07, 6.45) is -2.71. The maximum Gasteiger partial charge on any atom is 0.220 e. The van der Waals surface area contributed by atoms with Crippen molar-refractivity contribution >= 4 is 11.8 Å². The standard InChI is InChI=1S/C60H110N2O23/c1-4-6-8-10-12-14-16-18-20-22-24-26-28-30-39(68)38(62-44(69)31-29-27-25-23-21-19-17-15-13-11-9-7-5-2)36-78-58-52(76)49(73)55(42(34-65)81-58)84-60-53(77)50(74)54(43(35-66)82-60)83-57-45(61-37(3)67)56(47(71)41(33-64)79-57)85-59-51(75)48(72)46(70)40(32-63)80-59/h28,30,38-43,45-60,63-66,68,70-77H,4-27,29,31-36H2,1-3H3,(H,61,67)(H,62,69). The van der Waals surface area contributed by atoms with E-state index in [1.165, 1.54) is 103 Å². The molecule has 0 aliphatic carbocycles. The normalized spacial score (nSPS) is 34.4. The highest BCUT2D eigenvalue weighted by molar-refractivity contribution is 5.76. The zero-order chi connectivity index (χ0) is 62.3. The molecule has 22 atom stereocenters. The van der Waals surface area contributed by atoms with Crippen molar-refractivity contribution in [1.82, 2.24) is 10.6 Å². The topological polar surface area (TPSA) is 395 Å². The highest BCUT2D eigenvalue weighted by Crippen LogP contribution is 2.35. The van der Waals surface area contributed by atoms with E-state index in [0.29, 0.717) is 12.8 Å². The number of unbranched alkanes of at least 4 members (excludes halogenated alkanes) is 23. The first-order valence-electron chi connectivity index (χ1n) is 31.9. The number of nitrogens with one attached hydrogen (secondary N) is 2. The number of amides is 2. The fourth-order valence-electron chi connectivity index (χ4n) is 11.4. The largest absolute Gasteiger partial charge is 0.394 e. The average molecular weight is 1230 g/mol. The number of aliphatic hydroxyl groups excluding tert-OH is 13. The molecule has 85 heavy (non-hydrogen) atoms. The Morgan fingerprint density at radius 2 is 0.847 bits per heavy atom. The van der Waals surface area contributed by atoms with Gasteiger partial charge in [0.1, 0.15) is 97.6 Å². The van der Waals surface area contributed by atoms with Gasteiger partial charge in [0, 0.05) is 13.3 Å². The number of carbonyl (C=O) groups excluding carboxylic acids is 2.